The van der Waals surface area contributed by atoms with Gasteiger partial charge in [0.2, 0.25) is 0 Å². The largest absolute Gasteiger partial charge is 0.418 e. The van der Waals surface area contributed by atoms with E-state index in [0.717, 1.165) is 6.07 Å². The summed E-state index contributed by atoms with van der Waals surface area (Å²) >= 11 is 0. The normalized spacial score (nSPS) is 11.4. The van der Waals surface area contributed by atoms with Gasteiger partial charge in [0.25, 0.3) is 0 Å². The molecule has 1 rings (SSSR count). The zero-order valence-electron chi connectivity index (χ0n) is 7.65. The van der Waals surface area contributed by atoms with Crippen molar-refractivity contribution in [2.75, 3.05) is 19.0 Å². The molecule has 0 bridgehead atoms. The zero-order valence-corrected chi connectivity index (χ0v) is 7.65. The van der Waals surface area contributed by atoms with Crippen molar-refractivity contribution < 1.29 is 13.2 Å². The van der Waals surface area contributed by atoms with Crippen LogP contribution in [0.5, 0.6) is 0 Å². The number of nitrogens with one attached hydrogen (secondary N) is 2. The molecule has 0 fully saturated rings. The van der Waals surface area contributed by atoms with E-state index in [-0.39, 0.29) is 5.69 Å². The van der Waals surface area contributed by atoms with E-state index in [0.29, 0.717) is 6.67 Å². The van der Waals surface area contributed by atoms with Gasteiger partial charge in [-0.25, -0.2) is 0 Å². The fraction of sp³-hybridized carbons (Fsp3) is 0.333. The predicted molar refractivity (Wildman–Crippen MR) is 49.0 cm³/mol. The van der Waals surface area contributed by atoms with Crippen molar-refractivity contribution in [3.8, 4) is 0 Å². The van der Waals surface area contributed by atoms with E-state index in [2.05, 4.69) is 10.6 Å². The van der Waals surface area contributed by atoms with Gasteiger partial charge < -0.3 is 10.6 Å². The molecule has 0 aliphatic rings. The minimum absolute atomic E-state index is 0.0920. The fourth-order valence-electron chi connectivity index (χ4n) is 1.07. The summed E-state index contributed by atoms with van der Waals surface area (Å²) in [6.07, 6.45) is -4.31. The van der Waals surface area contributed by atoms with Crippen LogP contribution in [0.3, 0.4) is 0 Å². The van der Waals surface area contributed by atoms with Gasteiger partial charge in [-0.05, 0) is 19.2 Å². The van der Waals surface area contributed by atoms with Gasteiger partial charge in [0.05, 0.1) is 12.2 Å². The lowest BCUT2D eigenvalue weighted by molar-refractivity contribution is -0.136. The number of alkyl halides is 3. The molecule has 0 saturated heterocycles. The van der Waals surface area contributed by atoms with E-state index in [1.54, 1.807) is 13.1 Å². The highest BCUT2D eigenvalue weighted by Crippen LogP contribution is 2.34. The molecule has 0 radical (unpaired) electrons. The minimum Gasteiger partial charge on any atom is -0.372 e. The summed E-state index contributed by atoms with van der Waals surface area (Å²) in [7, 11) is 1.66. The number of hydrogen-bond acceptors (Lipinski definition) is 2. The average Bonchev–Trinajstić information content (AvgIpc) is 2.14. The highest BCUT2D eigenvalue weighted by Gasteiger charge is 2.32. The fourth-order valence-corrected chi connectivity index (χ4v) is 1.07. The van der Waals surface area contributed by atoms with E-state index in [1.165, 1.54) is 12.1 Å². The van der Waals surface area contributed by atoms with Crippen LogP contribution in [0.4, 0.5) is 18.9 Å². The Labute approximate surface area is 80.1 Å². The molecule has 0 aliphatic heterocycles. The Bertz CT molecular complexity index is 296. The number of rotatable bonds is 3. The van der Waals surface area contributed by atoms with Crippen LogP contribution in [0.15, 0.2) is 24.3 Å². The summed E-state index contributed by atoms with van der Waals surface area (Å²) in [5.41, 5.74) is -0.551. The molecule has 1 aromatic carbocycles. The first-order valence-corrected chi connectivity index (χ1v) is 4.10. The molecular weight excluding hydrogens is 193 g/mol. The number of anilines is 1. The Hall–Kier alpha value is -1.23. The first-order valence-electron chi connectivity index (χ1n) is 4.10. The number of benzene rings is 1. The maximum atomic E-state index is 12.4. The van der Waals surface area contributed by atoms with Crippen LogP contribution in [0.1, 0.15) is 5.56 Å². The van der Waals surface area contributed by atoms with Crippen molar-refractivity contribution in [1.29, 1.82) is 0 Å². The average molecular weight is 204 g/mol. The molecule has 0 aliphatic carbocycles. The molecule has 0 aromatic heterocycles. The molecule has 0 heterocycles. The van der Waals surface area contributed by atoms with Crippen LogP contribution in [0.25, 0.3) is 0 Å². The maximum Gasteiger partial charge on any atom is 0.418 e. The molecule has 0 saturated carbocycles. The molecule has 78 valence electrons. The molecule has 0 atom stereocenters. The molecule has 1 aromatic rings. The van der Waals surface area contributed by atoms with Crippen molar-refractivity contribution in [2.45, 2.75) is 6.18 Å². The Balaban J connectivity index is 2.92. The molecule has 5 heteroatoms. The lowest BCUT2D eigenvalue weighted by Gasteiger charge is -2.13. The molecule has 2 N–H and O–H groups in total. The maximum absolute atomic E-state index is 12.4. The summed E-state index contributed by atoms with van der Waals surface area (Å²) in [5, 5.41) is 5.35. The second-order valence-corrected chi connectivity index (χ2v) is 2.75. The van der Waals surface area contributed by atoms with Gasteiger partial charge in [-0.2, -0.15) is 13.2 Å². The number of halogens is 3. The molecule has 2 nitrogen and oxygen atoms in total. The third-order valence-electron chi connectivity index (χ3n) is 1.69. The first-order chi connectivity index (χ1) is 6.55. The first kappa shape index (κ1) is 10.8. The highest BCUT2D eigenvalue weighted by molar-refractivity contribution is 5.52. The minimum atomic E-state index is -4.31. The van der Waals surface area contributed by atoms with Gasteiger partial charge in [-0.3, -0.25) is 0 Å². The van der Waals surface area contributed by atoms with Gasteiger partial charge in [0, 0.05) is 5.69 Å². The zero-order chi connectivity index (χ0) is 10.6. The van der Waals surface area contributed by atoms with Crippen molar-refractivity contribution in [3.63, 3.8) is 0 Å². The standard InChI is InChI=1S/C9H11F3N2/c1-13-6-14-8-5-3-2-4-7(8)9(10,11)12/h2-5,13-14H,6H2,1H3. The van der Waals surface area contributed by atoms with E-state index < -0.39 is 11.7 Å². The second kappa shape index (κ2) is 4.32. The topological polar surface area (TPSA) is 24.1 Å². The Morgan fingerprint density at radius 2 is 1.86 bits per heavy atom. The van der Waals surface area contributed by atoms with E-state index in [1.807, 2.05) is 0 Å². The highest BCUT2D eigenvalue weighted by atomic mass is 19.4. The van der Waals surface area contributed by atoms with Gasteiger partial charge in [-0.1, -0.05) is 12.1 Å². The van der Waals surface area contributed by atoms with Crippen molar-refractivity contribution in [2.24, 2.45) is 0 Å². The van der Waals surface area contributed by atoms with Crippen LogP contribution in [-0.4, -0.2) is 13.7 Å². The smallest absolute Gasteiger partial charge is 0.372 e. The number of para-hydroxylation sites is 1. The van der Waals surface area contributed by atoms with Crippen LogP contribution < -0.4 is 10.6 Å². The lowest BCUT2D eigenvalue weighted by Crippen LogP contribution is -2.19. The Kier molecular flexibility index (Phi) is 3.35. The summed E-state index contributed by atoms with van der Waals surface area (Å²) in [5.74, 6) is 0. The number of hydrogen-bond donors (Lipinski definition) is 2. The monoisotopic (exact) mass is 204 g/mol. The Morgan fingerprint density at radius 1 is 1.21 bits per heavy atom. The quantitative estimate of drug-likeness (QED) is 0.738. The van der Waals surface area contributed by atoms with Crippen LogP contribution >= 0.6 is 0 Å². The van der Waals surface area contributed by atoms with Gasteiger partial charge in [0.15, 0.2) is 0 Å². The molecule has 0 unspecified atom stereocenters. The van der Waals surface area contributed by atoms with Gasteiger partial charge in [0.1, 0.15) is 0 Å². The Morgan fingerprint density at radius 3 is 2.43 bits per heavy atom. The SMILES string of the molecule is CNCNc1ccccc1C(F)(F)F. The van der Waals surface area contributed by atoms with E-state index in [4.69, 9.17) is 0 Å². The van der Waals surface area contributed by atoms with Crippen molar-refractivity contribution >= 4 is 5.69 Å². The summed E-state index contributed by atoms with van der Waals surface area (Å²) in [6.45, 7) is 0.299. The van der Waals surface area contributed by atoms with Crippen LogP contribution in [0, 0.1) is 0 Å². The molecule has 14 heavy (non-hydrogen) atoms. The summed E-state index contributed by atoms with van der Waals surface area (Å²) in [6, 6.07) is 5.39. The van der Waals surface area contributed by atoms with Crippen molar-refractivity contribution in [1.82, 2.24) is 5.32 Å². The van der Waals surface area contributed by atoms with E-state index in [9.17, 15) is 13.2 Å². The molecule has 0 spiro atoms. The van der Waals surface area contributed by atoms with E-state index >= 15 is 0 Å². The van der Waals surface area contributed by atoms with Crippen LogP contribution in [0.2, 0.25) is 0 Å². The predicted octanol–water partition coefficient (Wildman–Crippen LogP) is 2.29. The molecular formula is C9H11F3N2. The van der Waals surface area contributed by atoms with Crippen molar-refractivity contribution in [3.05, 3.63) is 29.8 Å². The lowest BCUT2D eigenvalue weighted by atomic mass is 10.2. The van der Waals surface area contributed by atoms with Gasteiger partial charge in [-0.15, -0.1) is 0 Å². The third kappa shape index (κ3) is 2.63. The van der Waals surface area contributed by atoms with Gasteiger partial charge >= 0.3 is 6.18 Å². The van der Waals surface area contributed by atoms with Crippen LogP contribution in [-0.2, 0) is 6.18 Å². The summed E-state index contributed by atoms with van der Waals surface area (Å²) < 4.78 is 37.2. The second-order valence-electron chi connectivity index (χ2n) is 2.75. The third-order valence-corrected chi connectivity index (χ3v) is 1.69. The summed E-state index contributed by atoms with van der Waals surface area (Å²) in [4.78, 5) is 0. The molecule has 0 amide bonds.